The molecule has 0 aromatic carbocycles. The molecule has 1 atom stereocenters. The number of hydrogen-bond donors (Lipinski definition) is 2. The van der Waals surface area contributed by atoms with Crippen LogP contribution in [-0.4, -0.2) is 56.1 Å². The molecule has 0 spiro atoms. The molecule has 2 fully saturated rings. The minimum absolute atomic E-state index is 0.0214. The highest BCUT2D eigenvalue weighted by Gasteiger charge is 2.47. The van der Waals surface area contributed by atoms with Crippen molar-refractivity contribution in [3.63, 3.8) is 0 Å². The van der Waals surface area contributed by atoms with E-state index < -0.39 is 11.5 Å². The molecule has 1 aliphatic heterocycles. The standard InChI is InChI=1S/C12H21N3O3/c1-14-10(16)9-7-18-6-5-15(9)11(17)12(8-13)3-2-4-12/h9H,2-8,13H2,1H3,(H,14,16). The van der Waals surface area contributed by atoms with E-state index in [0.717, 1.165) is 19.3 Å². The van der Waals surface area contributed by atoms with Gasteiger partial charge in [-0.3, -0.25) is 9.59 Å². The number of nitrogens with zero attached hydrogens (tertiary/aromatic N) is 1. The minimum Gasteiger partial charge on any atom is -0.377 e. The van der Waals surface area contributed by atoms with E-state index in [-0.39, 0.29) is 18.4 Å². The lowest BCUT2D eigenvalue weighted by Crippen LogP contribution is -2.61. The molecule has 0 radical (unpaired) electrons. The van der Waals surface area contributed by atoms with Gasteiger partial charge in [0, 0.05) is 20.1 Å². The van der Waals surface area contributed by atoms with Gasteiger partial charge in [0.1, 0.15) is 6.04 Å². The first-order valence-corrected chi connectivity index (χ1v) is 6.45. The number of amides is 2. The summed E-state index contributed by atoms with van der Waals surface area (Å²) in [7, 11) is 1.57. The first kappa shape index (κ1) is 13.3. The summed E-state index contributed by atoms with van der Waals surface area (Å²) in [6.07, 6.45) is 2.71. The van der Waals surface area contributed by atoms with Gasteiger partial charge in [-0.1, -0.05) is 6.42 Å². The van der Waals surface area contributed by atoms with E-state index in [1.165, 1.54) is 0 Å². The van der Waals surface area contributed by atoms with Crippen LogP contribution in [0.25, 0.3) is 0 Å². The van der Waals surface area contributed by atoms with Gasteiger partial charge in [-0.2, -0.15) is 0 Å². The summed E-state index contributed by atoms with van der Waals surface area (Å²) in [5, 5.41) is 2.58. The Labute approximate surface area is 107 Å². The van der Waals surface area contributed by atoms with Crippen molar-refractivity contribution in [2.75, 3.05) is 33.4 Å². The summed E-state index contributed by atoms with van der Waals surface area (Å²) in [6, 6.07) is -0.514. The Morgan fingerprint density at radius 3 is 2.72 bits per heavy atom. The van der Waals surface area contributed by atoms with Crippen molar-refractivity contribution >= 4 is 11.8 Å². The number of nitrogens with two attached hydrogens (primary N) is 1. The van der Waals surface area contributed by atoms with Crippen LogP contribution in [0.4, 0.5) is 0 Å². The Balaban J connectivity index is 2.13. The van der Waals surface area contributed by atoms with Gasteiger partial charge in [0.2, 0.25) is 11.8 Å². The number of morpholine rings is 1. The van der Waals surface area contributed by atoms with Crippen LogP contribution >= 0.6 is 0 Å². The van der Waals surface area contributed by atoms with Crippen LogP contribution in [0.2, 0.25) is 0 Å². The van der Waals surface area contributed by atoms with Crippen LogP contribution in [0, 0.1) is 5.41 Å². The highest BCUT2D eigenvalue weighted by molar-refractivity contribution is 5.91. The van der Waals surface area contributed by atoms with E-state index in [9.17, 15) is 9.59 Å². The zero-order valence-electron chi connectivity index (χ0n) is 10.8. The van der Waals surface area contributed by atoms with Gasteiger partial charge >= 0.3 is 0 Å². The normalized spacial score (nSPS) is 26.3. The van der Waals surface area contributed by atoms with Gasteiger partial charge in [-0.25, -0.2) is 0 Å². The highest BCUT2D eigenvalue weighted by Crippen LogP contribution is 2.42. The summed E-state index contributed by atoms with van der Waals surface area (Å²) >= 11 is 0. The molecule has 6 heteroatoms. The van der Waals surface area contributed by atoms with Crippen LogP contribution in [0.3, 0.4) is 0 Å². The second-order valence-electron chi connectivity index (χ2n) is 5.04. The van der Waals surface area contributed by atoms with Crippen LogP contribution in [-0.2, 0) is 14.3 Å². The number of carbonyl (C=O) groups is 2. The van der Waals surface area contributed by atoms with E-state index in [4.69, 9.17) is 10.5 Å². The molecule has 102 valence electrons. The zero-order chi connectivity index (χ0) is 13.2. The van der Waals surface area contributed by atoms with Gasteiger partial charge in [-0.05, 0) is 12.8 Å². The van der Waals surface area contributed by atoms with Crippen LogP contribution < -0.4 is 11.1 Å². The summed E-state index contributed by atoms with van der Waals surface area (Å²) in [4.78, 5) is 26.0. The molecule has 2 amide bonds. The molecule has 0 bridgehead atoms. The monoisotopic (exact) mass is 255 g/mol. The molecule has 2 aliphatic rings. The average molecular weight is 255 g/mol. The quantitative estimate of drug-likeness (QED) is 0.683. The van der Waals surface area contributed by atoms with E-state index in [1.807, 2.05) is 0 Å². The van der Waals surface area contributed by atoms with E-state index >= 15 is 0 Å². The molecule has 3 N–H and O–H groups in total. The fraction of sp³-hybridized carbons (Fsp3) is 0.833. The zero-order valence-corrected chi connectivity index (χ0v) is 10.8. The van der Waals surface area contributed by atoms with Crippen molar-refractivity contribution in [3.05, 3.63) is 0 Å². The van der Waals surface area contributed by atoms with Crippen molar-refractivity contribution in [1.29, 1.82) is 0 Å². The van der Waals surface area contributed by atoms with Crippen LogP contribution in [0.1, 0.15) is 19.3 Å². The summed E-state index contributed by atoms with van der Waals surface area (Å²) in [5.74, 6) is -0.150. The number of rotatable bonds is 3. The first-order chi connectivity index (χ1) is 8.64. The van der Waals surface area contributed by atoms with Crippen molar-refractivity contribution < 1.29 is 14.3 Å². The number of likely N-dealkylation sites (N-methyl/N-ethyl adjacent to an activating group) is 1. The smallest absolute Gasteiger partial charge is 0.244 e. The van der Waals surface area contributed by atoms with Crippen molar-refractivity contribution in [2.45, 2.75) is 25.3 Å². The van der Waals surface area contributed by atoms with Gasteiger partial charge in [0.15, 0.2) is 0 Å². The number of carbonyl (C=O) groups excluding carboxylic acids is 2. The maximum Gasteiger partial charge on any atom is 0.244 e. The fourth-order valence-corrected chi connectivity index (χ4v) is 2.64. The lowest BCUT2D eigenvalue weighted by atomic mass is 9.67. The molecule has 1 heterocycles. The maximum absolute atomic E-state index is 12.6. The molecule has 18 heavy (non-hydrogen) atoms. The molecule has 6 nitrogen and oxygen atoms in total. The molecule has 1 unspecified atom stereocenters. The Morgan fingerprint density at radius 1 is 1.50 bits per heavy atom. The summed E-state index contributed by atoms with van der Waals surface area (Å²) in [6.45, 7) is 1.59. The van der Waals surface area contributed by atoms with E-state index in [2.05, 4.69) is 5.32 Å². The predicted molar refractivity (Wildman–Crippen MR) is 65.7 cm³/mol. The third-order valence-electron chi connectivity index (χ3n) is 4.09. The molecule has 1 saturated carbocycles. The third-order valence-corrected chi connectivity index (χ3v) is 4.09. The lowest BCUT2D eigenvalue weighted by Gasteiger charge is -2.45. The average Bonchev–Trinajstić information content (AvgIpc) is 2.37. The minimum atomic E-state index is -0.514. The maximum atomic E-state index is 12.6. The van der Waals surface area contributed by atoms with Gasteiger partial charge < -0.3 is 20.7 Å². The third kappa shape index (κ3) is 2.10. The second-order valence-corrected chi connectivity index (χ2v) is 5.04. The van der Waals surface area contributed by atoms with Gasteiger partial charge in [0.25, 0.3) is 0 Å². The largest absolute Gasteiger partial charge is 0.377 e. The fourth-order valence-electron chi connectivity index (χ4n) is 2.64. The van der Waals surface area contributed by atoms with Gasteiger partial charge in [-0.15, -0.1) is 0 Å². The molecular weight excluding hydrogens is 234 g/mol. The SMILES string of the molecule is CNC(=O)C1COCCN1C(=O)C1(CN)CCC1. The highest BCUT2D eigenvalue weighted by atomic mass is 16.5. The Hall–Kier alpha value is -1.14. The Bertz CT molecular complexity index is 336. The lowest BCUT2D eigenvalue weighted by molar-refractivity contribution is -0.160. The van der Waals surface area contributed by atoms with Crippen molar-refractivity contribution in [2.24, 2.45) is 11.1 Å². The van der Waals surface area contributed by atoms with Crippen molar-refractivity contribution in [1.82, 2.24) is 10.2 Å². The molecular formula is C12H21N3O3. The van der Waals surface area contributed by atoms with Crippen LogP contribution in [0.5, 0.6) is 0 Å². The molecule has 0 aromatic heterocycles. The van der Waals surface area contributed by atoms with Crippen molar-refractivity contribution in [3.8, 4) is 0 Å². The topological polar surface area (TPSA) is 84.7 Å². The Kier molecular flexibility index (Phi) is 3.87. The van der Waals surface area contributed by atoms with E-state index in [0.29, 0.717) is 19.7 Å². The molecule has 0 aromatic rings. The number of nitrogens with one attached hydrogen (secondary N) is 1. The molecule has 1 saturated heterocycles. The molecule has 2 rings (SSSR count). The first-order valence-electron chi connectivity index (χ1n) is 6.45. The van der Waals surface area contributed by atoms with Gasteiger partial charge in [0.05, 0.1) is 18.6 Å². The predicted octanol–water partition coefficient (Wildman–Crippen LogP) is -0.911. The van der Waals surface area contributed by atoms with Crippen LogP contribution in [0.15, 0.2) is 0 Å². The van der Waals surface area contributed by atoms with E-state index in [1.54, 1.807) is 11.9 Å². The second kappa shape index (κ2) is 5.24. The Morgan fingerprint density at radius 2 is 2.22 bits per heavy atom. The summed E-state index contributed by atoms with van der Waals surface area (Å²) in [5.41, 5.74) is 5.32. The molecule has 1 aliphatic carbocycles. The number of hydrogen-bond acceptors (Lipinski definition) is 4. The number of ether oxygens (including phenoxy) is 1. The summed E-state index contributed by atoms with van der Waals surface area (Å²) < 4.78 is 5.30.